The van der Waals surface area contributed by atoms with Gasteiger partial charge in [-0.3, -0.25) is 9.59 Å². The number of para-hydroxylation sites is 1. The summed E-state index contributed by atoms with van der Waals surface area (Å²) in [7, 11) is 0. The van der Waals surface area contributed by atoms with Crippen molar-refractivity contribution in [1.82, 2.24) is 9.88 Å². The Labute approximate surface area is 134 Å². The second kappa shape index (κ2) is 4.85. The third-order valence-electron chi connectivity index (χ3n) is 5.64. The van der Waals surface area contributed by atoms with Crippen molar-refractivity contribution in [1.29, 1.82) is 0 Å². The van der Waals surface area contributed by atoms with Crippen molar-refractivity contribution >= 4 is 22.8 Å². The first-order valence-electron chi connectivity index (χ1n) is 8.11. The Bertz CT molecular complexity index is 800. The van der Waals surface area contributed by atoms with Crippen molar-refractivity contribution in [3.8, 4) is 0 Å². The smallest absolute Gasteiger partial charge is 0.307 e. The van der Waals surface area contributed by atoms with Gasteiger partial charge in [0.15, 0.2) is 0 Å². The minimum absolute atomic E-state index is 0.0438. The number of benzene rings is 1. The summed E-state index contributed by atoms with van der Waals surface area (Å²) in [4.78, 5) is 29.2. The Hall–Kier alpha value is -2.30. The fourth-order valence-electron chi connectivity index (χ4n) is 4.11. The number of aliphatic carboxylic acids is 1. The Morgan fingerprint density at radius 1 is 1.26 bits per heavy atom. The highest BCUT2D eigenvalue weighted by Crippen LogP contribution is 2.59. The highest BCUT2D eigenvalue weighted by Gasteiger charge is 2.59. The summed E-state index contributed by atoms with van der Waals surface area (Å²) in [5, 5.41) is 10.1. The number of aromatic nitrogens is 1. The van der Waals surface area contributed by atoms with Crippen molar-refractivity contribution in [2.75, 3.05) is 13.1 Å². The molecule has 0 bridgehead atoms. The van der Waals surface area contributed by atoms with E-state index in [2.05, 4.69) is 4.98 Å². The van der Waals surface area contributed by atoms with Gasteiger partial charge in [-0.1, -0.05) is 18.2 Å². The van der Waals surface area contributed by atoms with Gasteiger partial charge in [-0.05, 0) is 37.7 Å². The molecule has 120 valence electrons. The van der Waals surface area contributed by atoms with Crippen LogP contribution in [0.25, 0.3) is 10.9 Å². The number of nitrogens with one attached hydrogen (secondary N) is 1. The SMILES string of the molecule is Cc1[nH]c2ccccc2c1C(=O)N1CCC2(CC1)CC2C(=O)O. The van der Waals surface area contributed by atoms with Crippen LogP contribution in [0.1, 0.15) is 35.3 Å². The maximum absolute atomic E-state index is 12.9. The van der Waals surface area contributed by atoms with Gasteiger partial charge in [0.05, 0.1) is 11.5 Å². The van der Waals surface area contributed by atoms with Crippen LogP contribution in [-0.2, 0) is 4.79 Å². The van der Waals surface area contributed by atoms with Gasteiger partial charge < -0.3 is 15.0 Å². The van der Waals surface area contributed by atoms with E-state index in [0.717, 1.165) is 41.4 Å². The minimum Gasteiger partial charge on any atom is -0.481 e. The molecule has 5 nitrogen and oxygen atoms in total. The number of nitrogens with zero attached hydrogens (tertiary/aromatic N) is 1. The predicted octanol–water partition coefficient (Wildman–Crippen LogP) is 2.80. The van der Waals surface area contributed by atoms with Crippen LogP contribution in [-0.4, -0.2) is 40.0 Å². The van der Waals surface area contributed by atoms with Gasteiger partial charge >= 0.3 is 5.97 Å². The molecule has 2 N–H and O–H groups in total. The zero-order valence-corrected chi connectivity index (χ0v) is 13.1. The topological polar surface area (TPSA) is 73.4 Å². The summed E-state index contributed by atoms with van der Waals surface area (Å²) in [5.74, 6) is -0.825. The van der Waals surface area contributed by atoms with E-state index in [1.165, 1.54) is 0 Å². The summed E-state index contributed by atoms with van der Waals surface area (Å²) in [6.07, 6.45) is 2.38. The lowest BCUT2D eigenvalue weighted by Gasteiger charge is -2.32. The van der Waals surface area contributed by atoms with Crippen LogP contribution in [0.2, 0.25) is 0 Å². The number of carbonyl (C=O) groups is 2. The first-order valence-corrected chi connectivity index (χ1v) is 8.11. The van der Waals surface area contributed by atoms with E-state index in [9.17, 15) is 9.59 Å². The Morgan fingerprint density at radius 3 is 2.61 bits per heavy atom. The molecule has 1 aromatic heterocycles. The Morgan fingerprint density at radius 2 is 1.96 bits per heavy atom. The summed E-state index contributed by atoms with van der Waals surface area (Å²) in [6, 6.07) is 7.85. The number of likely N-dealkylation sites (tertiary alicyclic amines) is 1. The van der Waals surface area contributed by atoms with Crippen molar-refractivity contribution < 1.29 is 14.7 Å². The van der Waals surface area contributed by atoms with E-state index in [-0.39, 0.29) is 17.2 Å². The number of carboxylic acids is 1. The van der Waals surface area contributed by atoms with E-state index in [4.69, 9.17) is 5.11 Å². The minimum atomic E-state index is -0.683. The molecular weight excluding hydrogens is 292 g/mol. The molecule has 2 aromatic rings. The number of hydrogen-bond acceptors (Lipinski definition) is 2. The quantitative estimate of drug-likeness (QED) is 0.895. The van der Waals surface area contributed by atoms with Crippen molar-refractivity contribution in [2.24, 2.45) is 11.3 Å². The van der Waals surface area contributed by atoms with Gasteiger partial charge in [-0.25, -0.2) is 0 Å². The first-order chi connectivity index (χ1) is 11.0. The highest BCUT2D eigenvalue weighted by molar-refractivity contribution is 6.08. The molecule has 23 heavy (non-hydrogen) atoms. The molecule has 1 amide bonds. The number of aryl methyl sites for hydroxylation is 1. The molecule has 2 aliphatic rings. The lowest BCUT2D eigenvalue weighted by atomic mass is 9.90. The van der Waals surface area contributed by atoms with E-state index in [1.807, 2.05) is 36.1 Å². The Balaban J connectivity index is 1.54. The van der Waals surface area contributed by atoms with E-state index in [0.29, 0.717) is 13.1 Å². The number of fused-ring (bicyclic) bond motifs is 1. The maximum Gasteiger partial charge on any atom is 0.307 e. The van der Waals surface area contributed by atoms with Crippen LogP contribution in [0.3, 0.4) is 0 Å². The summed E-state index contributed by atoms with van der Waals surface area (Å²) in [5.41, 5.74) is 2.58. The molecule has 4 rings (SSSR count). The molecule has 1 spiro atoms. The fourth-order valence-corrected chi connectivity index (χ4v) is 4.11. The molecule has 1 atom stereocenters. The predicted molar refractivity (Wildman–Crippen MR) is 86.3 cm³/mol. The zero-order valence-electron chi connectivity index (χ0n) is 13.1. The Kier molecular flexibility index (Phi) is 3.01. The van der Waals surface area contributed by atoms with Gasteiger partial charge in [0, 0.05) is 29.7 Å². The molecule has 1 saturated heterocycles. The van der Waals surface area contributed by atoms with Crippen molar-refractivity contribution in [3.05, 3.63) is 35.5 Å². The molecule has 2 heterocycles. The lowest BCUT2D eigenvalue weighted by molar-refractivity contribution is -0.139. The molecule has 1 aromatic carbocycles. The van der Waals surface area contributed by atoms with Gasteiger partial charge in [-0.2, -0.15) is 0 Å². The van der Waals surface area contributed by atoms with Crippen molar-refractivity contribution in [3.63, 3.8) is 0 Å². The number of rotatable bonds is 2. The number of hydrogen-bond donors (Lipinski definition) is 2. The lowest BCUT2D eigenvalue weighted by Crippen LogP contribution is -2.40. The summed E-state index contributed by atoms with van der Waals surface area (Å²) in [6.45, 7) is 3.24. The molecule has 5 heteroatoms. The monoisotopic (exact) mass is 312 g/mol. The van der Waals surface area contributed by atoms with Crippen molar-refractivity contribution in [2.45, 2.75) is 26.2 Å². The molecule has 0 radical (unpaired) electrons. The maximum atomic E-state index is 12.9. The third-order valence-corrected chi connectivity index (χ3v) is 5.64. The van der Waals surface area contributed by atoms with E-state index < -0.39 is 5.97 Å². The molecule has 1 saturated carbocycles. The molecule has 2 fully saturated rings. The number of piperidine rings is 1. The average molecular weight is 312 g/mol. The number of carboxylic acid groups (broad SMARTS) is 1. The fraction of sp³-hybridized carbons (Fsp3) is 0.444. The van der Waals surface area contributed by atoms with Gasteiger partial charge in [0.1, 0.15) is 0 Å². The number of H-pyrrole nitrogens is 1. The largest absolute Gasteiger partial charge is 0.481 e. The number of aromatic amines is 1. The van der Waals surface area contributed by atoms with E-state index >= 15 is 0 Å². The van der Waals surface area contributed by atoms with E-state index in [1.54, 1.807) is 0 Å². The van der Waals surface area contributed by atoms with Gasteiger partial charge in [-0.15, -0.1) is 0 Å². The average Bonchev–Trinajstić information content (AvgIpc) is 3.13. The van der Waals surface area contributed by atoms with Crippen LogP contribution >= 0.6 is 0 Å². The molecular formula is C18H20N2O3. The van der Waals surface area contributed by atoms with Crippen LogP contribution in [0.5, 0.6) is 0 Å². The van der Waals surface area contributed by atoms with Crippen LogP contribution in [0.15, 0.2) is 24.3 Å². The second-order valence-corrected chi connectivity index (χ2v) is 6.92. The van der Waals surface area contributed by atoms with Crippen LogP contribution in [0, 0.1) is 18.3 Å². The molecule has 1 aliphatic heterocycles. The summed E-state index contributed by atoms with van der Waals surface area (Å²) >= 11 is 0. The normalized spacial score (nSPS) is 22.5. The summed E-state index contributed by atoms with van der Waals surface area (Å²) < 4.78 is 0. The standard InChI is InChI=1S/C18H20N2O3/c1-11-15(12-4-2-3-5-14(12)19-11)16(21)20-8-6-18(7-9-20)10-13(18)17(22)23/h2-5,13,19H,6-10H2,1H3,(H,22,23). The first kappa shape index (κ1) is 14.3. The van der Waals surface area contributed by atoms with Crippen LogP contribution in [0.4, 0.5) is 0 Å². The molecule has 1 unspecified atom stereocenters. The number of amides is 1. The molecule has 1 aliphatic carbocycles. The van der Waals surface area contributed by atoms with Crippen LogP contribution < -0.4 is 0 Å². The highest BCUT2D eigenvalue weighted by atomic mass is 16.4. The number of carbonyl (C=O) groups excluding carboxylic acids is 1. The third kappa shape index (κ3) is 2.14. The van der Waals surface area contributed by atoms with Gasteiger partial charge in [0.2, 0.25) is 0 Å². The van der Waals surface area contributed by atoms with Gasteiger partial charge in [0.25, 0.3) is 5.91 Å². The zero-order chi connectivity index (χ0) is 16.2. The second-order valence-electron chi connectivity index (χ2n) is 6.92.